The predicted molar refractivity (Wildman–Crippen MR) is 74.3 cm³/mol. The van der Waals surface area contributed by atoms with Crippen LogP contribution in [0.15, 0.2) is 24.3 Å². The van der Waals surface area contributed by atoms with E-state index in [9.17, 15) is 9.59 Å². The van der Waals surface area contributed by atoms with Crippen LogP contribution in [0.2, 0.25) is 0 Å². The molecule has 0 spiro atoms. The van der Waals surface area contributed by atoms with Crippen LogP contribution in [0.3, 0.4) is 0 Å². The number of nitrogens with two attached hydrogens (primary N) is 1. The number of nitrogens with one attached hydrogen (secondary N) is 1. The molecule has 0 heterocycles. The molecule has 1 atom stereocenters. The molecule has 0 aliphatic heterocycles. The Bertz CT molecular complexity index is 451. The van der Waals surface area contributed by atoms with E-state index in [2.05, 4.69) is 5.32 Å². The summed E-state index contributed by atoms with van der Waals surface area (Å²) in [7, 11) is 0. The molecule has 1 amide bonds. The van der Waals surface area contributed by atoms with E-state index in [1.807, 2.05) is 0 Å². The van der Waals surface area contributed by atoms with Gasteiger partial charge in [-0.3, -0.25) is 9.59 Å². The van der Waals surface area contributed by atoms with Crippen LogP contribution in [0, 0.1) is 0 Å². The summed E-state index contributed by atoms with van der Waals surface area (Å²) < 4.78 is 0. The number of rotatable bonds is 7. The summed E-state index contributed by atoms with van der Waals surface area (Å²) in [4.78, 5) is 22.2. The van der Waals surface area contributed by atoms with Gasteiger partial charge in [0.1, 0.15) is 6.04 Å². The number of carboxylic acid groups (broad SMARTS) is 1. The molecule has 0 aliphatic carbocycles. The van der Waals surface area contributed by atoms with Crippen molar-refractivity contribution in [3.05, 3.63) is 29.8 Å². The maximum absolute atomic E-state index is 11.5. The maximum Gasteiger partial charge on any atom is 0.320 e. The summed E-state index contributed by atoms with van der Waals surface area (Å²) in [5.41, 5.74) is 6.87. The van der Waals surface area contributed by atoms with Crippen LogP contribution in [0.5, 0.6) is 0 Å². The summed E-state index contributed by atoms with van der Waals surface area (Å²) in [5, 5.41) is 11.5. The Labute approximate surface area is 116 Å². The molecule has 0 saturated carbocycles. The SMILES string of the molecule is N[C@@H](Cc1cccc(NC(=O)CCCCl)c1)C(=O)O. The van der Waals surface area contributed by atoms with E-state index >= 15 is 0 Å². The molecular weight excluding hydrogens is 268 g/mol. The van der Waals surface area contributed by atoms with Crippen molar-refractivity contribution in [1.29, 1.82) is 0 Å². The molecule has 1 aromatic rings. The third-order valence-corrected chi connectivity index (χ3v) is 2.79. The number of carbonyl (C=O) groups excluding carboxylic acids is 1. The number of carboxylic acids is 1. The van der Waals surface area contributed by atoms with E-state index in [-0.39, 0.29) is 12.3 Å². The zero-order valence-electron chi connectivity index (χ0n) is 10.4. The molecule has 5 nitrogen and oxygen atoms in total. The van der Waals surface area contributed by atoms with Crippen molar-refractivity contribution in [1.82, 2.24) is 0 Å². The Hall–Kier alpha value is -1.59. The second-order valence-electron chi connectivity index (χ2n) is 4.19. The van der Waals surface area contributed by atoms with E-state index < -0.39 is 12.0 Å². The van der Waals surface area contributed by atoms with Gasteiger partial charge in [0.25, 0.3) is 0 Å². The smallest absolute Gasteiger partial charge is 0.320 e. The van der Waals surface area contributed by atoms with Gasteiger partial charge in [-0.25, -0.2) is 0 Å². The quantitative estimate of drug-likeness (QED) is 0.663. The van der Waals surface area contributed by atoms with E-state index in [0.29, 0.717) is 24.4 Å². The molecule has 0 bridgehead atoms. The zero-order valence-corrected chi connectivity index (χ0v) is 11.2. The number of aliphatic carboxylic acids is 1. The van der Waals surface area contributed by atoms with Crippen molar-refractivity contribution in [2.24, 2.45) is 5.73 Å². The molecule has 1 aromatic carbocycles. The summed E-state index contributed by atoms with van der Waals surface area (Å²) in [5.74, 6) is -0.710. The Morgan fingerprint density at radius 1 is 1.42 bits per heavy atom. The van der Waals surface area contributed by atoms with Gasteiger partial charge in [0.15, 0.2) is 0 Å². The normalized spacial score (nSPS) is 11.9. The Balaban J connectivity index is 2.61. The summed E-state index contributed by atoms with van der Waals surface area (Å²) >= 11 is 5.51. The van der Waals surface area contributed by atoms with Gasteiger partial charge in [0.05, 0.1) is 0 Å². The maximum atomic E-state index is 11.5. The van der Waals surface area contributed by atoms with Gasteiger partial charge in [-0.1, -0.05) is 12.1 Å². The fraction of sp³-hybridized carbons (Fsp3) is 0.385. The van der Waals surface area contributed by atoms with Crippen LogP contribution in [0.4, 0.5) is 5.69 Å². The first-order valence-electron chi connectivity index (χ1n) is 5.96. The number of hydrogen-bond donors (Lipinski definition) is 3. The molecule has 0 fully saturated rings. The minimum Gasteiger partial charge on any atom is -0.480 e. The van der Waals surface area contributed by atoms with Crippen LogP contribution in [0.1, 0.15) is 18.4 Å². The molecule has 0 radical (unpaired) electrons. The number of benzene rings is 1. The largest absolute Gasteiger partial charge is 0.480 e. The lowest BCUT2D eigenvalue weighted by molar-refractivity contribution is -0.138. The number of amides is 1. The number of alkyl halides is 1. The average Bonchev–Trinajstić information content (AvgIpc) is 2.36. The number of anilines is 1. The van der Waals surface area contributed by atoms with Crippen LogP contribution >= 0.6 is 11.6 Å². The van der Waals surface area contributed by atoms with E-state index in [1.54, 1.807) is 24.3 Å². The molecule has 4 N–H and O–H groups in total. The molecule has 0 aliphatic rings. The minimum atomic E-state index is -1.04. The van der Waals surface area contributed by atoms with Crippen molar-refractivity contribution < 1.29 is 14.7 Å². The van der Waals surface area contributed by atoms with Gasteiger partial charge in [-0.2, -0.15) is 0 Å². The van der Waals surface area contributed by atoms with Crippen LogP contribution in [0.25, 0.3) is 0 Å². The van der Waals surface area contributed by atoms with Crippen molar-refractivity contribution in [2.75, 3.05) is 11.2 Å². The van der Waals surface area contributed by atoms with Crippen molar-refractivity contribution >= 4 is 29.2 Å². The monoisotopic (exact) mass is 284 g/mol. The first-order valence-corrected chi connectivity index (χ1v) is 6.49. The molecule has 0 unspecified atom stereocenters. The highest BCUT2D eigenvalue weighted by Crippen LogP contribution is 2.13. The van der Waals surface area contributed by atoms with Gasteiger partial charge < -0.3 is 16.2 Å². The Morgan fingerprint density at radius 2 is 2.16 bits per heavy atom. The third-order valence-electron chi connectivity index (χ3n) is 2.52. The Kier molecular flexibility index (Phi) is 6.32. The lowest BCUT2D eigenvalue weighted by atomic mass is 10.1. The predicted octanol–water partition coefficient (Wildman–Crippen LogP) is 1.60. The summed E-state index contributed by atoms with van der Waals surface area (Å²) in [6.07, 6.45) is 1.21. The van der Waals surface area contributed by atoms with Gasteiger partial charge >= 0.3 is 5.97 Å². The van der Waals surface area contributed by atoms with E-state index in [0.717, 1.165) is 5.56 Å². The average molecular weight is 285 g/mol. The highest BCUT2D eigenvalue weighted by molar-refractivity contribution is 6.18. The Morgan fingerprint density at radius 3 is 2.79 bits per heavy atom. The standard InChI is InChI=1S/C13H17ClN2O3/c14-6-2-5-12(17)16-10-4-1-3-9(7-10)8-11(15)13(18)19/h1,3-4,7,11H,2,5-6,8,15H2,(H,16,17)(H,18,19)/t11-/m0/s1. The van der Waals surface area contributed by atoms with Crippen LogP contribution in [-0.4, -0.2) is 28.9 Å². The van der Waals surface area contributed by atoms with E-state index in [4.69, 9.17) is 22.4 Å². The molecule has 19 heavy (non-hydrogen) atoms. The second kappa shape index (κ2) is 7.76. The fourth-order valence-corrected chi connectivity index (χ4v) is 1.70. The van der Waals surface area contributed by atoms with Crippen LogP contribution in [-0.2, 0) is 16.0 Å². The van der Waals surface area contributed by atoms with Gasteiger partial charge in [-0.05, 0) is 30.5 Å². The highest BCUT2D eigenvalue weighted by Gasteiger charge is 2.12. The van der Waals surface area contributed by atoms with Crippen molar-refractivity contribution in [2.45, 2.75) is 25.3 Å². The minimum absolute atomic E-state index is 0.111. The second-order valence-corrected chi connectivity index (χ2v) is 4.57. The zero-order chi connectivity index (χ0) is 14.3. The lowest BCUT2D eigenvalue weighted by Gasteiger charge is -2.09. The fourth-order valence-electron chi connectivity index (χ4n) is 1.57. The van der Waals surface area contributed by atoms with Crippen molar-refractivity contribution in [3.63, 3.8) is 0 Å². The first-order chi connectivity index (χ1) is 9.02. The number of halogens is 1. The first kappa shape index (κ1) is 15.5. The number of hydrogen-bond acceptors (Lipinski definition) is 3. The van der Waals surface area contributed by atoms with E-state index in [1.165, 1.54) is 0 Å². The topological polar surface area (TPSA) is 92.4 Å². The molecule has 6 heteroatoms. The molecule has 104 valence electrons. The molecular formula is C13H17ClN2O3. The summed E-state index contributed by atoms with van der Waals surface area (Å²) in [6.45, 7) is 0. The molecule has 0 saturated heterocycles. The van der Waals surface area contributed by atoms with Crippen molar-refractivity contribution in [3.8, 4) is 0 Å². The lowest BCUT2D eigenvalue weighted by Crippen LogP contribution is -2.32. The number of carbonyl (C=O) groups is 2. The highest BCUT2D eigenvalue weighted by atomic mass is 35.5. The van der Waals surface area contributed by atoms with Gasteiger partial charge in [0.2, 0.25) is 5.91 Å². The van der Waals surface area contributed by atoms with Gasteiger partial charge in [-0.15, -0.1) is 11.6 Å². The van der Waals surface area contributed by atoms with Gasteiger partial charge in [0, 0.05) is 18.0 Å². The molecule has 1 rings (SSSR count). The van der Waals surface area contributed by atoms with Crippen LogP contribution < -0.4 is 11.1 Å². The summed E-state index contributed by atoms with van der Waals surface area (Å²) in [6, 6.07) is 6.05. The third kappa shape index (κ3) is 5.72. The molecule has 0 aromatic heterocycles.